The second-order valence-corrected chi connectivity index (χ2v) is 11.6. The van der Waals surface area contributed by atoms with Gasteiger partial charge in [0.05, 0.1) is 31.7 Å². The number of rotatable bonds is 16. The van der Waals surface area contributed by atoms with E-state index in [1.54, 1.807) is 31.7 Å². The summed E-state index contributed by atoms with van der Waals surface area (Å²) in [5, 5.41) is 2.73. The Bertz CT molecular complexity index is 1090. The third-order valence-electron chi connectivity index (χ3n) is 5.12. The predicted octanol–water partition coefficient (Wildman–Crippen LogP) is 3.03. The second kappa shape index (κ2) is 13.8. The van der Waals surface area contributed by atoms with E-state index in [-0.39, 0.29) is 18.5 Å². The lowest BCUT2D eigenvalue weighted by molar-refractivity contribution is -0.153. The average molecular weight is 543 g/mol. The zero-order chi connectivity index (χ0) is 27.6. The molecule has 2 aromatic heterocycles. The molecule has 0 aromatic carbocycles. The standard InChI is InChI=1S/C23H39N6O7P/c1-7-8-9-10-33-18(30)12-35-37(32,28-23(5,6)22(31)36-16(2)3)15-34-17(4)11-29-14-27-19-20(24)25-13-26-21(19)29/h13-14,16-17H,7-12,15H2,1-6H3,(H,28,32)(H2,24,25,26). The number of ether oxygens (including phenoxy) is 3. The molecule has 0 bridgehead atoms. The molecule has 0 aliphatic carbocycles. The molecule has 37 heavy (non-hydrogen) atoms. The Morgan fingerprint density at radius 3 is 2.59 bits per heavy atom. The van der Waals surface area contributed by atoms with Crippen molar-refractivity contribution in [2.75, 3.05) is 25.3 Å². The smallest absolute Gasteiger partial charge is 0.332 e. The van der Waals surface area contributed by atoms with Crippen LogP contribution in [-0.4, -0.2) is 68.8 Å². The van der Waals surface area contributed by atoms with E-state index in [1.807, 2.05) is 6.92 Å². The number of nitrogens with zero attached hydrogens (tertiary/aromatic N) is 4. The van der Waals surface area contributed by atoms with E-state index >= 15 is 0 Å². The van der Waals surface area contributed by atoms with E-state index in [4.69, 9.17) is 24.5 Å². The maximum atomic E-state index is 13.7. The van der Waals surface area contributed by atoms with E-state index < -0.39 is 44.1 Å². The average Bonchev–Trinajstić information content (AvgIpc) is 3.22. The van der Waals surface area contributed by atoms with Crippen molar-refractivity contribution in [1.29, 1.82) is 0 Å². The summed E-state index contributed by atoms with van der Waals surface area (Å²) in [6.07, 6.45) is 4.28. The maximum Gasteiger partial charge on any atom is 0.332 e. The SMILES string of the molecule is CCCCCOC(=O)COP(=O)(COC(C)Cn1cnc2c(N)ncnc21)NC(C)(C)C(=O)OC(C)C. The number of carbonyl (C=O) groups is 2. The molecule has 0 aliphatic heterocycles. The number of hydrogen-bond donors (Lipinski definition) is 2. The van der Waals surface area contributed by atoms with Gasteiger partial charge in [-0.15, -0.1) is 0 Å². The number of anilines is 1. The minimum Gasteiger partial charge on any atom is -0.464 e. The van der Waals surface area contributed by atoms with Crippen LogP contribution in [0.3, 0.4) is 0 Å². The number of nitrogens with one attached hydrogen (secondary N) is 1. The van der Waals surface area contributed by atoms with Gasteiger partial charge >= 0.3 is 11.9 Å². The van der Waals surface area contributed by atoms with Gasteiger partial charge in [-0.05, 0) is 41.0 Å². The van der Waals surface area contributed by atoms with Crippen LogP contribution in [0.15, 0.2) is 12.7 Å². The molecule has 2 aromatic rings. The topological polar surface area (TPSA) is 170 Å². The number of aromatic nitrogens is 4. The minimum atomic E-state index is -3.88. The summed E-state index contributed by atoms with van der Waals surface area (Å²) in [5.41, 5.74) is 5.45. The number of imidazole rings is 1. The molecule has 0 amide bonds. The van der Waals surface area contributed by atoms with Gasteiger partial charge in [0.2, 0.25) is 0 Å². The molecule has 3 N–H and O–H groups in total. The summed E-state index contributed by atoms with van der Waals surface area (Å²) < 4.78 is 37.2. The van der Waals surface area contributed by atoms with Crippen molar-refractivity contribution in [2.24, 2.45) is 0 Å². The Hall–Kier alpha value is -2.60. The Kier molecular flexibility index (Phi) is 11.4. The van der Waals surface area contributed by atoms with Crippen LogP contribution >= 0.6 is 7.52 Å². The van der Waals surface area contributed by atoms with Crippen LogP contribution < -0.4 is 10.8 Å². The molecule has 0 saturated heterocycles. The molecule has 208 valence electrons. The van der Waals surface area contributed by atoms with Crippen molar-refractivity contribution in [2.45, 2.75) is 85.1 Å². The van der Waals surface area contributed by atoms with E-state index in [2.05, 4.69) is 20.0 Å². The first-order chi connectivity index (χ1) is 17.4. The number of fused-ring (bicyclic) bond motifs is 1. The minimum absolute atomic E-state index is 0.250. The zero-order valence-corrected chi connectivity index (χ0v) is 23.3. The molecular formula is C23H39N6O7P. The summed E-state index contributed by atoms with van der Waals surface area (Å²) in [5.74, 6) is -1.02. The van der Waals surface area contributed by atoms with Crippen molar-refractivity contribution in [1.82, 2.24) is 24.6 Å². The first-order valence-electron chi connectivity index (χ1n) is 12.3. The molecule has 2 heterocycles. The lowest BCUT2D eigenvalue weighted by atomic mass is 10.1. The number of esters is 2. The molecule has 0 aliphatic rings. The van der Waals surface area contributed by atoms with Crippen LogP contribution in [0.2, 0.25) is 0 Å². The molecular weight excluding hydrogens is 503 g/mol. The molecule has 13 nitrogen and oxygen atoms in total. The van der Waals surface area contributed by atoms with Gasteiger partial charge < -0.3 is 29.0 Å². The third kappa shape index (κ3) is 9.66. The molecule has 0 spiro atoms. The number of nitrogen functional groups attached to an aromatic ring is 1. The molecule has 2 atom stereocenters. The highest BCUT2D eigenvalue weighted by Gasteiger charge is 2.39. The number of carbonyl (C=O) groups excluding carboxylic acids is 2. The monoisotopic (exact) mass is 542 g/mol. The van der Waals surface area contributed by atoms with Crippen LogP contribution in [0.5, 0.6) is 0 Å². The summed E-state index contributed by atoms with van der Waals surface area (Å²) in [7, 11) is -3.88. The van der Waals surface area contributed by atoms with Crippen molar-refractivity contribution >= 4 is 36.4 Å². The Labute approximate surface area is 217 Å². The van der Waals surface area contributed by atoms with Gasteiger partial charge in [-0.3, -0.25) is 9.36 Å². The van der Waals surface area contributed by atoms with Crippen LogP contribution in [0.4, 0.5) is 5.82 Å². The van der Waals surface area contributed by atoms with E-state index in [0.29, 0.717) is 17.7 Å². The van der Waals surface area contributed by atoms with Crippen molar-refractivity contribution in [3.63, 3.8) is 0 Å². The highest BCUT2D eigenvalue weighted by Crippen LogP contribution is 2.45. The van der Waals surface area contributed by atoms with Crippen molar-refractivity contribution in [3.05, 3.63) is 12.7 Å². The van der Waals surface area contributed by atoms with Crippen LogP contribution in [0.1, 0.15) is 60.8 Å². The molecule has 14 heteroatoms. The van der Waals surface area contributed by atoms with Crippen molar-refractivity contribution < 1.29 is 32.9 Å². The Morgan fingerprint density at radius 2 is 1.92 bits per heavy atom. The fraction of sp³-hybridized carbons (Fsp3) is 0.696. The Morgan fingerprint density at radius 1 is 1.19 bits per heavy atom. The number of unbranched alkanes of at least 4 members (excludes halogenated alkanes) is 2. The van der Waals surface area contributed by atoms with E-state index in [1.165, 1.54) is 20.2 Å². The van der Waals surface area contributed by atoms with Gasteiger partial charge in [-0.25, -0.2) is 24.8 Å². The first-order valence-corrected chi connectivity index (χ1v) is 14.1. The maximum absolute atomic E-state index is 13.7. The molecule has 2 rings (SSSR count). The molecule has 0 saturated carbocycles. The third-order valence-corrected chi connectivity index (χ3v) is 7.05. The van der Waals surface area contributed by atoms with Crippen molar-refractivity contribution in [3.8, 4) is 0 Å². The highest BCUT2D eigenvalue weighted by molar-refractivity contribution is 7.56. The number of nitrogens with two attached hydrogens (primary N) is 1. The Balaban J connectivity index is 2.08. The van der Waals surface area contributed by atoms with Gasteiger partial charge in [0.15, 0.2) is 18.1 Å². The fourth-order valence-corrected chi connectivity index (χ4v) is 5.17. The van der Waals surface area contributed by atoms with Gasteiger partial charge in [0.1, 0.15) is 23.7 Å². The summed E-state index contributed by atoms with van der Waals surface area (Å²) in [6, 6.07) is 0. The van der Waals surface area contributed by atoms with Crippen LogP contribution in [-0.2, 0) is 39.4 Å². The van der Waals surface area contributed by atoms with Gasteiger partial charge in [0.25, 0.3) is 7.52 Å². The number of hydrogen-bond acceptors (Lipinski definition) is 11. The predicted molar refractivity (Wildman–Crippen MR) is 138 cm³/mol. The summed E-state index contributed by atoms with van der Waals surface area (Å²) >= 11 is 0. The zero-order valence-electron chi connectivity index (χ0n) is 22.4. The summed E-state index contributed by atoms with van der Waals surface area (Å²) in [4.78, 5) is 37.0. The van der Waals surface area contributed by atoms with Gasteiger partial charge in [0, 0.05) is 0 Å². The molecule has 0 fully saturated rings. The highest BCUT2D eigenvalue weighted by atomic mass is 31.2. The largest absolute Gasteiger partial charge is 0.464 e. The molecule has 2 unspecified atom stereocenters. The fourth-order valence-electron chi connectivity index (χ4n) is 3.26. The second-order valence-electron chi connectivity index (χ2n) is 9.50. The van der Waals surface area contributed by atoms with Gasteiger partial charge in [-0.1, -0.05) is 19.8 Å². The molecule has 0 radical (unpaired) electrons. The normalized spacial score (nSPS) is 14.5. The lowest BCUT2D eigenvalue weighted by Gasteiger charge is -2.30. The first kappa shape index (κ1) is 30.6. The quantitative estimate of drug-likeness (QED) is 0.181. The summed E-state index contributed by atoms with van der Waals surface area (Å²) in [6.45, 7) is 10.3. The van der Waals surface area contributed by atoms with E-state index in [9.17, 15) is 14.2 Å². The van der Waals surface area contributed by atoms with Crippen LogP contribution in [0, 0.1) is 0 Å². The lowest BCUT2D eigenvalue weighted by Crippen LogP contribution is -2.47. The van der Waals surface area contributed by atoms with E-state index in [0.717, 1.165) is 19.3 Å². The van der Waals surface area contributed by atoms with Crippen LogP contribution in [0.25, 0.3) is 11.2 Å². The van der Waals surface area contributed by atoms with Gasteiger partial charge in [-0.2, -0.15) is 0 Å².